The molecule has 2 heterocycles. The SMILES string of the molecule is CCOc1ccc(N2CC(C#N)CC2=O)cn1. The summed E-state index contributed by atoms with van der Waals surface area (Å²) in [6.45, 7) is 2.90. The van der Waals surface area contributed by atoms with Crippen molar-refractivity contribution in [1.82, 2.24) is 4.98 Å². The van der Waals surface area contributed by atoms with E-state index in [1.54, 1.807) is 23.2 Å². The van der Waals surface area contributed by atoms with Gasteiger partial charge in [0.15, 0.2) is 0 Å². The molecule has 1 aliphatic heterocycles. The van der Waals surface area contributed by atoms with E-state index in [-0.39, 0.29) is 11.8 Å². The molecule has 1 amide bonds. The van der Waals surface area contributed by atoms with E-state index in [0.29, 0.717) is 25.5 Å². The van der Waals surface area contributed by atoms with Gasteiger partial charge in [-0.15, -0.1) is 0 Å². The third-order valence-corrected chi connectivity index (χ3v) is 2.63. The van der Waals surface area contributed by atoms with E-state index in [0.717, 1.165) is 5.69 Å². The summed E-state index contributed by atoms with van der Waals surface area (Å²) in [5, 5.41) is 8.80. The molecular formula is C12H13N3O2. The van der Waals surface area contributed by atoms with Crippen LogP contribution in [0.25, 0.3) is 0 Å². The number of nitriles is 1. The van der Waals surface area contributed by atoms with Gasteiger partial charge in [0.1, 0.15) is 0 Å². The number of amides is 1. The second kappa shape index (κ2) is 4.83. The van der Waals surface area contributed by atoms with E-state index in [9.17, 15) is 4.79 Å². The quantitative estimate of drug-likeness (QED) is 0.787. The molecule has 0 N–H and O–H groups in total. The van der Waals surface area contributed by atoms with Gasteiger partial charge in [-0.3, -0.25) is 4.79 Å². The smallest absolute Gasteiger partial charge is 0.228 e. The number of carbonyl (C=O) groups excluding carboxylic acids is 1. The van der Waals surface area contributed by atoms with Crippen LogP contribution in [0.2, 0.25) is 0 Å². The van der Waals surface area contributed by atoms with E-state index in [1.807, 2.05) is 6.92 Å². The van der Waals surface area contributed by atoms with Gasteiger partial charge in [0, 0.05) is 19.0 Å². The summed E-state index contributed by atoms with van der Waals surface area (Å²) in [7, 11) is 0. The number of ether oxygens (including phenoxy) is 1. The lowest BCUT2D eigenvalue weighted by atomic mass is 10.1. The van der Waals surface area contributed by atoms with Crippen molar-refractivity contribution in [3.8, 4) is 11.9 Å². The molecule has 1 aromatic rings. The summed E-state index contributed by atoms with van der Waals surface area (Å²) in [5.74, 6) is 0.302. The molecule has 0 bridgehead atoms. The molecule has 0 spiro atoms. The van der Waals surface area contributed by atoms with Gasteiger partial charge < -0.3 is 9.64 Å². The molecule has 0 aliphatic carbocycles. The molecule has 1 atom stereocenters. The van der Waals surface area contributed by atoms with Crippen molar-refractivity contribution in [3.63, 3.8) is 0 Å². The molecular weight excluding hydrogens is 218 g/mol. The van der Waals surface area contributed by atoms with Crippen molar-refractivity contribution < 1.29 is 9.53 Å². The van der Waals surface area contributed by atoms with E-state index in [1.165, 1.54) is 0 Å². The number of anilines is 1. The first-order valence-electron chi connectivity index (χ1n) is 5.53. The molecule has 0 aromatic carbocycles. The number of pyridine rings is 1. The number of carbonyl (C=O) groups is 1. The van der Waals surface area contributed by atoms with Crippen molar-refractivity contribution in [2.45, 2.75) is 13.3 Å². The first-order chi connectivity index (χ1) is 8.24. The predicted octanol–water partition coefficient (Wildman–Crippen LogP) is 1.36. The summed E-state index contributed by atoms with van der Waals surface area (Å²) in [6.07, 6.45) is 1.90. The van der Waals surface area contributed by atoms with Gasteiger partial charge in [0.25, 0.3) is 0 Å². The van der Waals surface area contributed by atoms with Gasteiger partial charge in [-0.05, 0) is 13.0 Å². The van der Waals surface area contributed by atoms with E-state index in [4.69, 9.17) is 10.00 Å². The summed E-state index contributed by atoms with van der Waals surface area (Å²) in [6, 6.07) is 5.63. The van der Waals surface area contributed by atoms with Gasteiger partial charge in [0.2, 0.25) is 11.8 Å². The zero-order valence-electron chi connectivity index (χ0n) is 9.59. The number of aromatic nitrogens is 1. The Morgan fingerprint density at radius 3 is 3.00 bits per heavy atom. The molecule has 0 saturated carbocycles. The minimum absolute atomic E-state index is 0.0255. The molecule has 1 fully saturated rings. The van der Waals surface area contributed by atoms with Crippen molar-refractivity contribution >= 4 is 11.6 Å². The first kappa shape index (κ1) is 11.4. The summed E-state index contributed by atoms with van der Waals surface area (Å²) in [4.78, 5) is 17.4. The highest BCUT2D eigenvalue weighted by atomic mass is 16.5. The second-order valence-corrected chi connectivity index (χ2v) is 3.82. The van der Waals surface area contributed by atoms with Crippen LogP contribution in [0.5, 0.6) is 5.88 Å². The average molecular weight is 231 g/mol. The van der Waals surface area contributed by atoms with E-state index < -0.39 is 0 Å². The Bertz CT molecular complexity index is 450. The molecule has 88 valence electrons. The zero-order chi connectivity index (χ0) is 12.3. The van der Waals surface area contributed by atoms with Crippen molar-refractivity contribution in [2.24, 2.45) is 5.92 Å². The Kier molecular flexibility index (Phi) is 3.24. The Labute approximate surface area is 99.6 Å². The first-order valence-corrected chi connectivity index (χ1v) is 5.53. The van der Waals surface area contributed by atoms with Gasteiger partial charge in [0.05, 0.1) is 30.5 Å². The standard InChI is InChI=1S/C12H13N3O2/c1-2-17-11-4-3-10(7-14-11)15-8-9(6-13)5-12(15)16/h3-4,7,9H,2,5,8H2,1H3. The maximum atomic E-state index is 11.7. The highest BCUT2D eigenvalue weighted by Crippen LogP contribution is 2.24. The number of rotatable bonds is 3. The number of hydrogen-bond acceptors (Lipinski definition) is 4. The molecule has 1 aromatic heterocycles. The van der Waals surface area contributed by atoms with Crippen LogP contribution >= 0.6 is 0 Å². The van der Waals surface area contributed by atoms with Crippen LogP contribution in [-0.4, -0.2) is 24.0 Å². The summed E-state index contributed by atoms with van der Waals surface area (Å²) < 4.78 is 5.23. The largest absolute Gasteiger partial charge is 0.478 e. The minimum Gasteiger partial charge on any atom is -0.478 e. The second-order valence-electron chi connectivity index (χ2n) is 3.82. The van der Waals surface area contributed by atoms with Crippen LogP contribution in [0.15, 0.2) is 18.3 Å². The van der Waals surface area contributed by atoms with E-state index >= 15 is 0 Å². The third-order valence-electron chi connectivity index (χ3n) is 2.63. The molecule has 17 heavy (non-hydrogen) atoms. The molecule has 5 nitrogen and oxygen atoms in total. The fourth-order valence-electron chi connectivity index (χ4n) is 1.81. The highest BCUT2D eigenvalue weighted by molar-refractivity contribution is 5.95. The van der Waals surface area contributed by atoms with Crippen molar-refractivity contribution in [1.29, 1.82) is 5.26 Å². The lowest BCUT2D eigenvalue weighted by molar-refractivity contribution is -0.117. The van der Waals surface area contributed by atoms with Gasteiger partial charge in [-0.25, -0.2) is 4.98 Å². The Morgan fingerprint density at radius 1 is 1.65 bits per heavy atom. The van der Waals surface area contributed by atoms with Crippen LogP contribution in [0.1, 0.15) is 13.3 Å². The molecule has 1 aliphatic rings. The maximum absolute atomic E-state index is 11.7. The molecule has 1 unspecified atom stereocenters. The average Bonchev–Trinajstić information content (AvgIpc) is 2.72. The Balaban J connectivity index is 2.13. The normalized spacial score (nSPS) is 19.2. The lowest BCUT2D eigenvalue weighted by Crippen LogP contribution is -2.24. The van der Waals surface area contributed by atoms with Crippen molar-refractivity contribution in [2.75, 3.05) is 18.1 Å². The zero-order valence-corrected chi connectivity index (χ0v) is 9.59. The fraction of sp³-hybridized carbons (Fsp3) is 0.417. The Hall–Kier alpha value is -2.09. The van der Waals surface area contributed by atoms with Crippen LogP contribution in [0.3, 0.4) is 0 Å². The van der Waals surface area contributed by atoms with Gasteiger partial charge in [-0.1, -0.05) is 0 Å². The third kappa shape index (κ3) is 2.36. The molecule has 1 saturated heterocycles. The van der Waals surface area contributed by atoms with Crippen LogP contribution in [0.4, 0.5) is 5.69 Å². The number of hydrogen-bond donors (Lipinski definition) is 0. The highest BCUT2D eigenvalue weighted by Gasteiger charge is 2.30. The van der Waals surface area contributed by atoms with Crippen LogP contribution in [-0.2, 0) is 4.79 Å². The topological polar surface area (TPSA) is 66.2 Å². The summed E-state index contributed by atoms with van der Waals surface area (Å²) in [5.41, 5.74) is 0.719. The predicted molar refractivity (Wildman–Crippen MR) is 61.5 cm³/mol. The van der Waals surface area contributed by atoms with E-state index in [2.05, 4.69) is 11.1 Å². The van der Waals surface area contributed by atoms with Gasteiger partial charge >= 0.3 is 0 Å². The van der Waals surface area contributed by atoms with Gasteiger partial charge in [-0.2, -0.15) is 5.26 Å². The summed E-state index contributed by atoms with van der Waals surface area (Å²) >= 11 is 0. The molecule has 5 heteroatoms. The van der Waals surface area contributed by atoms with Crippen LogP contribution < -0.4 is 9.64 Å². The maximum Gasteiger partial charge on any atom is 0.228 e. The van der Waals surface area contributed by atoms with Crippen LogP contribution in [0, 0.1) is 17.2 Å². The molecule has 0 radical (unpaired) electrons. The van der Waals surface area contributed by atoms with Crippen molar-refractivity contribution in [3.05, 3.63) is 18.3 Å². The lowest BCUT2D eigenvalue weighted by Gasteiger charge is -2.15. The molecule has 2 rings (SSSR count). The minimum atomic E-state index is -0.214. The Morgan fingerprint density at radius 2 is 2.47 bits per heavy atom. The number of nitrogens with zero attached hydrogens (tertiary/aromatic N) is 3. The monoisotopic (exact) mass is 231 g/mol. The fourth-order valence-corrected chi connectivity index (χ4v) is 1.81.